The van der Waals surface area contributed by atoms with Crippen LogP contribution in [0.2, 0.25) is 0 Å². The maximum absolute atomic E-state index is 11.5. The average Bonchev–Trinajstić information content (AvgIpc) is 3.01. The first-order chi connectivity index (χ1) is 11.0. The first-order valence-corrected chi connectivity index (χ1v) is 6.53. The van der Waals surface area contributed by atoms with E-state index in [1.807, 2.05) is 0 Å². The molecule has 23 heavy (non-hydrogen) atoms. The van der Waals surface area contributed by atoms with E-state index in [1.165, 1.54) is 30.3 Å². The number of nitro groups is 1. The van der Waals surface area contributed by atoms with Crippen LogP contribution >= 0.6 is 0 Å². The van der Waals surface area contributed by atoms with Crippen LogP contribution in [0.5, 0.6) is 0 Å². The molecule has 0 unspecified atom stereocenters. The van der Waals surface area contributed by atoms with Crippen molar-refractivity contribution in [2.24, 2.45) is 0 Å². The number of nitrogens with one attached hydrogen (secondary N) is 1. The molecule has 0 saturated heterocycles. The Balaban J connectivity index is 2.30. The molecule has 2 rings (SSSR count). The fourth-order valence-corrected chi connectivity index (χ4v) is 2.01. The molecule has 9 nitrogen and oxygen atoms in total. The molecule has 2 heterocycles. The molecule has 0 aromatic carbocycles. The first kappa shape index (κ1) is 16.0. The summed E-state index contributed by atoms with van der Waals surface area (Å²) in [7, 11) is 3.07. The standard InChI is InChI=1S/C14H13N5O4/c1-16-14(20)11-4-3-10(23-11)8-18(2)13-12(19(21)22)9(7-15)5-6-17-13/h3-6H,8H2,1-2H3,(H,16,20). The highest BCUT2D eigenvalue weighted by Crippen LogP contribution is 2.29. The fraction of sp³-hybridized carbons (Fsp3) is 0.214. The maximum Gasteiger partial charge on any atom is 0.329 e. The lowest BCUT2D eigenvalue weighted by Crippen LogP contribution is -2.19. The van der Waals surface area contributed by atoms with Crippen molar-refractivity contribution in [1.29, 1.82) is 5.26 Å². The van der Waals surface area contributed by atoms with E-state index in [1.54, 1.807) is 19.2 Å². The van der Waals surface area contributed by atoms with Crippen LogP contribution in [0.3, 0.4) is 0 Å². The minimum atomic E-state index is -0.643. The summed E-state index contributed by atoms with van der Waals surface area (Å²) in [4.78, 5) is 27.5. The van der Waals surface area contributed by atoms with Crippen LogP contribution in [0.15, 0.2) is 28.8 Å². The maximum atomic E-state index is 11.5. The first-order valence-electron chi connectivity index (χ1n) is 6.53. The molecule has 0 aliphatic rings. The summed E-state index contributed by atoms with van der Waals surface area (Å²) < 4.78 is 5.37. The van der Waals surface area contributed by atoms with Crippen LogP contribution in [0.25, 0.3) is 0 Å². The Morgan fingerprint density at radius 2 is 2.26 bits per heavy atom. The lowest BCUT2D eigenvalue weighted by Gasteiger charge is -2.16. The zero-order valence-corrected chi connectivity index (χ0v) is 12.4. The molecule has 0 atom stereocenters. The molecule has 2 aromatic heterocycles. The number of rotatable bonds is 5. The van der Waals surface area contributed by atoms with Gasteiger partial charge in [0.2, 0.25) is 5.82 Å². The molecule has 0 bridgehead atoms. The van der Waals surface area contributed by atoms with E-state index in [2.05, 4.69) is 10.3 Å². The van der Waals surface area contributed by atoms with Gasteiger partial charge in [0.05, 0.1) is 11.5 Å². The van der Waals surface area contributed by atoms with Gasteiger partial charge in [0.25, 0.3) is 5.91 Å². The summed E-state index contributed by atoms with van der Waals surface area (Å²) in [6.45, 7) is 0.152. The number of amides is 1. The molecule has 118 valence electrons. The second-order valence-corrected chi connectivity index (χ2v) is 4.60. The Bertz CT molecular complexity index is 793. The number of hydrogen-bond donors (Lipinski definition) is 1. The largest absolute Gasteiger partial charge is 0.454 e. The molecule has 1 amide bonds. The number of aromatic nitrogens is 1. The Labute approximate surface area is 131 Å². The highest BCUT2D eigenvalue weighted by atomic mass is 16.6. The predicted molar refractivity (Wildman–Crippen MR) is 79.8 cm³/mol. The predicted octanol–water partition coefficient (Wildman–Crippen LogP) is 1.45. The van der Waals surface area contributed by atoms with Gasteiger partial charge in [-0.3, -0.25) is 14.9 Å². The van der Waals surface area contributed by atoms with Crippen LogP contribution in [-0.4, -0.2) is 29.9 Å². The molecule has 0 fully saturated rings. The topological polar surface area (TPSA) is 125 Å². The molecule has 0 aliphatic heterocycles. The third-order valence-electron chi connectivity index (χ3n) is 3.08. The van der Waals surface area contributed by atoms with Crippen molar-refractivity contribution in [1.82, 2.24) is 10.3 Å². The van der Waals surface area contributed by atoms with Gasteiger partial charge in [-0.2, -0.15) is 5.26 Å². The minimum Gasteiger partial charge on any atom is -0.454 e. The number of hydrogen-bond acceptors (Lipinski definition) is 7. The highest BCUT2D eigenvalue weighted by Gasteiger charge is 2.24. The van der Waals surface area contributed by atoms with Gasteiger partial charge in [-0.05, 0) is 18.2 Å². The third-order valence-corrected chi connectivity index (χ3v) is 3.08. The van der Waals surface area contributed by atoms with Gasteiger partial charge in [-0.1, -0.05) is 0 Å². The fourth-order valence-electron chi connectivity index (χ4n) is 2.01. The van der Waals surface area contributed by atoms with E-state index < -0.39 is 4.92 Å². The Hall–Kier alpha value is -3.41. The summed E-state index contributed by atoms with van der Waals surface area (Å²) in [6.07, 6.45) is 1.33. The number of nitrogens with zero attached hydrogens (tertiary/aromatic N) is 4. The summed E-state index contributed by atoms with van der Waals surface area (Å²) in [5.74, 6) is 0.259. The Morgan fingerprint density at radius 1 is 1.52 bits per heavy atom. The van der Waals surface area contributed by atoms with Crippen molar-refractivity contribution in [2.75, 3.05) is 19.0 Å². The number of nitriles is 1. The average molecular weight is 315 g/mol. The number of anilines is 1. The molecular formula is C14H13N5O4. The van der Waals surface area contributed by atoms with Crippen molar-refractivity contribution in [2.45, 2.75) is 6.54 Å². The second-order valence-electron chi connectivity index (χ2n) is 4.60. The molecule has 0 aliphatic carbocycles. The van der Waals surface area contributed by atoms with E-state index in [9.17, 15) is 14.9 Å². The van der Waals surface area contributed by atoms with Gasteiger partial charge in [0.1, 0.15) is 17.4 Å². The quantitative estimate of drug-likeness (QED) is 0.653. The van der Waals surface area contributed by atoms with Gasteiger partial charge >= 0.3 is 5.69 Å². The van der Waals surface area contributed by atoms with Crippen molar-refractivity contribution in [3.05, 3.63) is 51.6 Å². The third kappa shape index (κ3) is 3.26. The van der Waals surface area contributed by atoms with E-state index in [0.717, 1.165) is 0 Å². The van der Waals surface area contributed by atoms with E-state index in [-0.39, 0.29) is 35.3 Å². The SMILES string of the molecule is CNC(=O)c1ccc(CN(C)c2nccc(C#N)c2[N+](=O)[O-])o1. The zero-order valence-electron chi connectivity index (χ0n) is 12.4. The number of carbonyl (C=O) groups excluding carboxylic acids is 1. The number of furan rings is 1. The van der Waals surface area contributed by atoms with Crippen molar-refractivity contribution in [3.8, 4) is 6.07 Å². The highest BCUT2D eigenvalue weighted by molar-refractivity contribution is 5.91. The minimum absolute atomic E-state index is 0.0481. The van der Waals surface area contributed by atoms with Crippen LogP contribution in [0.1, 0.15) is 21.9 Å². The van der Waals surface area contributed by atoms with Gasteiger partial charge < -0.3 is 14.6 Å². The molecule has 0 radical (unpaired) electrons. The molecule has 9 heteroatoms. The van der Waals surface area contributed by atoms with Crippen molar-refractivity contribution in [3.63, 3.8) is 0 Å². The summed E-state index contributed by atoms with van der Waals surface area (Å²) >= 11 is 0. The number of pyridine rings is 1. The molecule has 2 aromatic rings. The van der Waals surface area contributed by atoms with Crippen LogP contribution in [0, 0.1) is 21.4 Å². The van der Waals surface area contributed by atoms with Gasteiger partial charge in [-0.15, -0.1) is 0 Å². The molecule has 1 N–H and O–H groups in total. The Kier molecular flexibility index (Phi) is 4.56. The second kappa shape index (κ2) is 6.57. The van der Waals surface area contributed by atoms with Crippen LogP contribution in [-0.2, 0) is 6.54 Å². The Morgan fingerprint density at radius 3 is 2.87 bits per heavy atom. The van der Waals surface area contributed by atoms with Crippen molar-refractivity contribution < 1.29 is 14.1 Å². The lowest BCUT2D eigenvalue weighted by molar-refractivity contribution is -0.384. The normalized spacial score (nSPS) is 9.96. The zero-order chi connectivity index (χ0) is 17.0. The monoisotopic (exact) mass is 315 g/mol. The summed E-state index contributed by atoms with van der Waals surface area (Å²) in [6, 6.07) is 6.17. The van der Waals surface area contributed by atoms with Gasteiger partial charge in [0, 0.05) is 20.3 Å². The van der Waals surface area contributed by atoms with Gasteiger partial charge in [0.15, 0.2) is 5.76 Å². The molecule has 0 spiro atoms. The lowest BCUT2D eigenvalue weighted by atomic mass is 10.2. The van der Waals surface area contributed by atoms with E-state index >= 15 is 0 Å². The van der Waals surface area contributed by atoms with Crippen LogP contribution in [0.4, 0.5) is 11.5 Å². The molecular weight excluding hydrogens is 302 g/mol. The summed E-state index contributed by atoms with van der Waals surface area (Å²) in [5.41, 5.74) is -0.437. The summed E-state index contributed by atoms with van der Waals surface area (Å²) in [5, 5.41) is 22.6. The molecule has 0 saturated carbocycles. The smallest absolute Gasteiger partial charge is 0.329 e. The number of carbonyl (C=O) groups is 1. The van der Waals surface area contributed by atoms with Crippen molar-refractivity contribution >= 4 is 17.4 Å². The van der Waals surface area contributed by atoms with Gasteiger partial charge in [-0.25, -0.2) is 4.98 Å². The van der Waals surface area contributed by atoms with E-state index in [0.29, 0.717) is 5.76 Å². The van der Waals surface area contributed by atoms with Crippen LogP contribution < -0.4 is 10.2 Å². The van der Waals surface area contributed by atoms with E-state index in [4.69, 9.17) is 9.68 Å².